The molecule has 4 heteroatoms. The zero-order chi connectivity index (χ0) is 18.0. The van der Waals surface area contributed by atoms with Gasteiger partial charge in [-0.1, -0.05) is 73.5 Å². The maximum absolute atomic E-state index is 9.72. The number of nitrogens with zero attached hydrogens (tertiary/aromatic N) is 2. The Bertz CT molecular complexity index is 684. The fraction of sp³-hybridized carbons (Fsp3) is 0.333. The highest BCUT2D eigenvalue weighted by molar-refractivity contribution is 5.35. The van der Waals surface area contributed by atoms with Gasteiger partial charge < -0.3 is 0 Å². The van der Waals surface area contributed by atoms with Crippen LogP contribution in [0.2, 0.25) is 0 Å². The van der Waals surface area contributed by atoms with Crippen molar-refractivity contribution in [3.63, 3.8) is 0 Å². The summed E-state index contributed by atoms with van der Waals surface area (Å²) in [6.07, 6.45) is 5.67. The van der Waals surface area contributed by atoms with Crippen molar-refractivity contribution in [1.29, 1.82) is 0 Å². The molecular formula is C21H26N2O2. The van der Waals surface area contributed by atoms with Gasteiger partial charge in [-0.2, -0.15) is 5.11 Å². The van der Waals surface area contributed by atoms with E-state index in [1.165, 1.54) is 5.57 Å². The lowest BCUT2D eigenvalue weighted by Gasteiger charge is -2.25. The van der Waals surface area contributed by atoms with Crippen LogP contribution < -0.4 is 0 Å². The molecule has 0 aliphatic heterocycles. The van der Waals surface area contributed by atoms with Gasteiger partial charge in [-0.3, -0.25) is 0 Å². The minimum absolute atomic E-state index is 0.510. The molecule has 0 radical (unpaired) electrons. The van der Waals surface area contributed by atoms with Crippen LogP contribution in [-0.2, 0) is 10.6 Å². The average molecular weight is 338 g/mol. The third-order valence-corrected chi connectivity index (χ3v) is 4.10. The van der Waals surface area contributed by atoms with E-state index >= 15 is 0 Å². The number of hydrogen-bond donors (Lipinski definition) is 1. The topological polar surface area (TPSA) is 54.2 Å². The van der Waals surface area contributed by atoms with Gasteiger partial charge in [0.1, 0.15) is 0 Å². The second-order valence-corrected chi connectivity index (χ2v) is 6.12. The van der Waals surface area contributed by atoms with Crippen LogP contribution in [0.25, 0.3) is 0 Å². The second kappa shape index (κ2) is 9.87. The Hall–Kier alpha value is -2.30. The molecule has 0 aliphatic carbocycles. The van der Waals surface area contributed by atoms with Crippen molar-refractivity contribution >= 4 is 5.69 Å². The first-order chi connectivity index (χ1) is 12.2. The molecule has 1 atom stereocenters. The van der Waals surface area contributed by atoms with Crippen LogP contribution >= 0.6 is 0 Å². The average Bonchev–Trinajstić information content (AvgIpc) is 2.68. The van der Waals surface area contributed by atoms with E-state index in [9.17, 15) is 5.26 Å². The lowest BCUT2D eigenvalue weighted by molar-refractivity contribution is -0.330. The second-order valence-electron chi connectivity index (χ2n) is 6.12. The van der Waals surface area contributed by atoms with Crippen LogP contribution in [0.15, 0.2) is 82.5 Å². The molecule has 4 nitrogen and oxygen atoms in total. The van der Waals surface area contributed by atoms with Gasteiger partial charge in [0, 0.05) is 12.0 Å². The minimum atomic E-state index is -1.21. The Morgan fingerprint density at radius 1 is 1.08 bits per heavy atom. The first-order valence-corrected chi connectivity index (χ1v) is 8.72. The van der Waals surface area contributed by atoms with E-state index in [0.717, 1.165) is 30.5 Å². The van der Waals surface area contributed by atoms with Crippen LogP contribution in [0.4, 0.5) is 5.69 Å². The molecule has 0 saturated heterocycles. The normalized spacial score (nSPS) is 14.6. The highest BCUT2D eigenvalue weighted by Crippen LogP contribution is 2.34. The maximum Gasteiger partial charge on any atom is 0.237 e. The fourth-order valence-electron chi connectivity index (χ4n) is 2.56. The molecule has 0 aliphatic rings. The Labute approximate surface area is 149 Å². The molecule has 25 heavy (non-hydrogen) atoms. The first-order valence-electron chi connectivity index (χ1n) is 8.72. The molecular weight excluding hydrogens is 312 g/mol. The zero-order valence-corrected chi connectivity index (χ0v) is 14.9. The summed E-state index contributed by atoms with van der Waals surface area (Å²) >= 11 is 0. The van der Waals surface area contributed by atoms with Gasteiger partial charge in [0.25, 0.3) is 0 Å². The fourth-order valence-corrected chi connectivity index (χ4v) is 2.56. The van der Waals surface area contributed by atoms with E-state index in [-0.39, 0.29) is 0 Å². The van der Waals surface area contributed by atoms with Gasteiger partial charge in [-0.25, -0.2) is 10.1 Å². The van der Waals surface area contributed by atoms with Crippen molar-refractivity contribution in [2.75, 3.05) is 0 Å². The Morgan fingerprint density at radius 2 is 1.72 bits per heavy atom. The monoisotopic (exact) mass is 338 g/mol. The van der Waals surface area contributed by atoms with Crippen molar-refractivity contribution in [2.45, 2.75) is 45.3 Å². The smallest absolute Gasteiger partial charge is 0.237 e. The molecule has 0 bridgehead atoms. The summed E-state index contributed by atoms with van der Waals surface area (Å²) in [7, 11) is 0. The third-order valence-electron chi connectivity index (χ3n) is 4.10. The molecule has 0 aromatic heterocycles. The maximum atomic E-state index is 9.72. The minimum Gasteiger partial charge on any atom is -0.249 e. The van der Waals surface area contributed by atoms with Crippen LogP contribution in [-0.4, -0.2) is 5.26 Å². The Morgan fingerprint density at radius 3 is 2.32 bits per heavy atom. The number of azo groups is 1. The first kappa shape index (κ1) is 19.0. The number of hydrogen-bond acceptors (Lipinski definition) is 4. The van der Waals surface area contributed by atoms with Crippen molar-refractivity contribution < 1.29 is 10.1 Å². The molecule has 2 aromatic carbocycles. The van der Waals surface area contributed by atoms with Gasteiger partial charge in [0.15, 0.2) is 0 Å². The highest BCUT2D eigenvalue weighted by atomic mass is 17.1. The Kier molecular flexibility index (Phi) is 7.51. The summed E-state index contributed by atoms with van der Waals surface area (Å²) < 4.78 is 0. The lowest BCUT2D eigenvalue weighted by Crippen LogP contribution is -2.26. The summed E-state index contributed by atoms with van der Waals surface area (Å²) in [5.74, 6) is 0. The van der Waals surface area contributed by atoms with Crippen LogP contribution in [0, 0.1) is 0 Å². The van der Waals surface area contributed by atoms with E-state index in [1.54, 1.807) is 0 Å². The van der Waals surface area contributed by atoms with E-state index in [4.69, 9.17) is 4.89 Å². The summed E-state index contributed by atoms with van der Waals surface area (Å²) in [4.78, 5) is 4.91. The van der Waals surface area contributed by atoms with Gasteiger partial charge >= 0.3 is 0 Å². The van der Waals surface area contributed by atoms with E-state index in [0.29, 0.717) is 6.42 Å². The molecule has 0 saturated carbocycles. The molecule has 2 rings (SSSR count). The van der Waals surface area contributed by atoms with Crippen molar-refractivity contribution in [1.82, 2.24) is 0 Å². The lowest BCUT2D eigenvalue weighted by atomic mass is 9.96. The molecule has 0 fully saturated rings. The number of rotatable bonds is 9. The standard InChI is InChI=1S/C21H26N2O2/c1-3-4-11-18(2)16-17-21(25-24,19-12-7-5-8-13-19)23-22-20-14-9-6-10-15-20/h5-15,24H,3-4,16-17H2,1-2H3/b18-11-,23-22?. The van der Waals surface area contributed by atoms with Gasteiger partial charge in [-0.15, -0.1) is 5.11 Å². The SMILES string of the molecule is CCC/C=C(/C)CCC(N=Nc1ccccc1)(OO)c1ccccc1. The zero-order valence-electron chi connectivity index (χ0n) is 14.9. The van der Waals surface area contributed by atoms with Crippen LogP contribution in [0.1, 0.15) is 45.1 Å². The van der Waals surface area contributed by atoms with Crippen molar-refractivity contribution in [3.05, 3.63) is 77.9 Å². The summed E-state index contributed by atoms with van der Waals surface area (Å²) in [5.41, 5.74) is 1.55. The predicted molar refractivity (Wildman–Crippen MR) is 101 cm³/mol. The van der Waals surface area contributed by atoms with Crippen LogP contribution in [0.3, 0.4) is 0 Å². The molecule has 2 aromatic rings. The molecule has 0 heterocycles. The third kappa shape index (κ3) is 5.62. The molecule has 0 spiro atoms. The highest BCUT2D eigenvalue weighted by Gasteiger charge is 2.34. The Balaban J connectivity index is 2.28. The van der Waals surface area contributed by atoms with Gasteiger partial charge in [0.2, 0.25) is 5.72 Å². The molecule has 0 amide bonds. The predicted octanol–water partition coefficient (Wildman–Crippen LogP) is 6.64. The number of benzene rings is 2. The van der Waals surface area contributed by atoms with Crippen molar-refractivity contribution in [3.8, 4) is 0 Å². The molecule has 1 unspecified atom stereocenters. The van der Waals surface area contributed by atoms with Gasteiger partial charge in [0.05, 0.1) is 5.69 Å². The number of unbranched alkanes of at least 4 members (excludes halogenated alkanes) is 1. The largest absolute Gasteiger partial charge is 0.249 e. The summed E-state index contributed by atoms with van der Waals surface area (Å²) in [5, 5.41) is 18.4. The van der Waals surface area contributed by atoms with E-state index in [1.807, 2.05) is 60.7 Å². The number of allylic oxidation sites excluding steroid dienone is 2. The summed E-state index contributed by atoms with van der Waals surface area (Å²) in [6, 6.07) is 19.0. The van der Waals surface area contributed by atoms with Crippen molar-refractivity contribution in [2.24, 2.45) is 10.2 Å². The van der Waals surface area contributed by atoms with Gasteiger partial charge in [-0.05, 0) is 31.9 Å². The molecule has 1 N–H and O–H groups in total. The molecule has 132 valence electrons. The summed E-state index contributed by atoms with van der Waals surface area (Å²) in [6.45, 7) is 4.25. The van der Waals surface area contributed by atoms with E-state index in [2.05, 4.69) is 30.2 Å². The van der Waals surface area contributed by atoms with Crippen LogP contribution in [0.5, 0.6) is 0 Å². The van der Waals surface area contributed by atoms with E-state index < -0.39 is 5.72 Å². The quantitative estimate of drug-likeness (QED) is 0.241.